The molecule has 1 rings (SSSR count). The van der Waals surface area contributed by atoms with Crippen LogP contribution in [0.25, 0.3) is 0 Å². The molecule has 2 nitrogen and oxygen atoms in total. The van der Waals surface area contributed by atoms with Crippen molar-refractivity contribution in [1.29, 1.82) is 0 Å². The van der Waals surface area contributed by atoms with Gasteiger partial charge in [0.1, 0.15) is 0 Å². The SMILES string of the molecule is CCC(Cl)CCNC(=O)CCC1CCCCC1. The Bertz CT molecular complexity index is 214. The number of hydrogen-bond acceptors (Lipinski definition) is 1. The molecule has 1 aliphatic rings. The van der Waals surface area contributed by atoms with Crippen molar-refractivity contribution >= 4 is 17.5 Å². The van der Waals surface area contributed by atoms with Crippen molar-refractivity contribution in [3.63, 3.8) is 0 Å². The summed E-state index contributed by atoms with van der Waals surface area (Å²) in [6.07, 6.45) is 10.4. The fourth-order valence-electron chi connectivity index (χ4n) is 2.47. The van der Waals surface area contributed by atoms with Crippen molar-refractivity contribution in [2.75, 3.05) is 6.54 Å². The zero-order valence-electron chi connectivity index (χ0n) is 11.0. The molecule has 0 spiro atoms. The number of amides is 1. The van der Waals surface area contributed by atoms with Crippen LogP contribution in [0.5, 0.6) is 0 Å². The Morgan fingerprint density at radius 2 is 2.06 bits per heavy atom. The summed E-state index contributed by atoms with van der Waals surface area (Å²) >= 11 is 6.00. The summed E-state index contributed by atoms with van der Waals surface area (Å²) in [6.45, 7) is 2.80. The van der Waals surface area contributed by atoms with Gasteiger partial charge < -0.3 is 5.32 Å². The van der Waals surface area contributed by atoms with Gasteiger partial charge in [0.05, 0.1) is 0 Å². The Hall–Kier alpha value is -0.240. The summed E-state index contributed by atoms with van der Waals surface area (Å²) in [5, 5.41) is 3.17. The maximum Gasteiger partial charge on any atom is 0.220 e. The second-order valence-corrected chi connectivity index (χ2v) is 5.80. The van der Waals surface area contributed by atoms with Gasteiger partial charge in [0.2, 0.25) is 5.91 Å². The summed E-state index contributed by atoms with van der Waals surface area (Å²) in [6, 6.07) is 0. The van der Waals surface area contributed by atoms with Crippen LogP contribution in [0.4, 0.5) is 0 Å². The van der Waals surface area contributed by atoms with Crippen molar-refractivity contribution in [1.82, 2.24) is 5.32 Å². The quantitative estimate of drug-likeness (QED) is 0.691. The van der Waals surface area contributed by atoms with Gasteiger partial charge in [-0.2, -0.15) is 0 Å². The summed E-state index contributed by atoms with van der Waals surface area (Å²) < 4.78 is 0. The molecule has 0 bridgehead atoms. The number of rotatable bonds is 7. The van der Waals surface area contributed by atoms with E-state index in [0.29, 0.717) is 6.42 Å². The maximum atomic E-state index is 11.6. The third kappa shape index (κ3) is 6.92. The molecule has 0 aromatic heterocycles. The topological polar surface area (TPSA) is 29.1 Å². The predicted molar refractivity (Wildman–Crippen MR) is 73.4 cm³/mol. The monoisotopic (exact) mass is 259 g/mol. The van der Waals surface area contributed by atoms with Crippen molar-refractivity contribution in [3.05, 3.63) is 0 Å². The summed E-state index contributed by atoms with van der Waals surface area (Å²) in [5.74, 6) is 1.00. The van der Waals surface area contributed by atoms with E-state index >= 15 is 0 Å². The molecule has 1 atom stereocenters. The van der Waals surface area contributed by atoms with E-state index in [0.717, 1.165) is 31.7 Å². The van der Waals surface area contributed by atoms with Gasteiger partial charge in [-0.05, 0) is 25.2 Å². The molecule has 1 unspecified atom stereocenters. The lowest BCUT2D eigenvalue weighted by Gasteiger charge is -2.21. The third-order valence-electron chi connectivity index (χ3n) is 3.73. The van der Waals surface area contributed by atoms with Crippen LogP contribution in [0, 0.1) is 5.92 Å². The first kappa shape index (κ1) is 14.8. The second-order valence-electron chi connectivity index (χ2n) is 5.19. The van der Waals surface area contributed by atoms with Crippen LogP contribution in [-0.4, -0.2) is 17.8 Å². The zero-order valence-corrected chi connectivity index (χ0v) is 11.8. The van der Waals surface area contributed by atoms with Crippen LogP contribution in [0.15, 0.2) is 0 Å². The van der Waals surface area contributed by atoms with Gasteiger partial charge in [-0.3, -0.25) is 4.79 Å². The van der Waals surface area contributed by atoms with Gasteiger partial charge in [-0.1, -0.05) is 39.0 Å². The number of alkyl halides is 1. The van der Waals surface area contributed by atoms with Gasteiger partial charge in [-0.15, -0.1) is 11.6 Å². The number of hydrogen-bond donors (Lipinski definition) is 1. The van der Waals surface area contributed by atoms with E-state index in [1.54, 1.807) is 0 Å². The standard InChI is InChI=1S/C14H26ClNO/c1-2-13(15)10-11-16-14(17)9-8-12-6-4-3-5-7-12/h12-13H,2-11H2,1H3,(H,16,17). The van der Waals surface area contributed by atoms with Gasteiger partial charge in [0.15, 0.2) is 0 Å². The van der Waals surface area contributed by atoms with E-state index in [4.69, 9.17) is 11.6 Å². The van der Waals surface area contributed by atoms with Crippen LogP contribution in [0.3, 0.4) is 0 Å². The first-order chi connectivity index (χ1) is 8.22. The van der Waals surface area contributed by atoms with E-state index in [-0.39, 0.29) is 11.3 Å². The maximum absolute atomic E-state index is 11.6. The fourth-order valence-corrected chi connectivity index (χ4v) is 2.58. The highest BCUT2D eigenvalue weighted by Crippen LogP contribution is 2.27. The van der Waals surface area contributed by atoms with E-state index < -0.39 is 0 Å². The van der Waals surface area contributed by atoms with Gasteiger partial charge >= 0.3 is 0 Å². The molecule has 0 aliphatic heterocycles. The summed E-state index contributed by atoms with van der Waals surface area (Å²) in [4.78, 5) is 11.6. The van der Waals surface area contributed by atoms with E-state index in [1.165, 1.54) is 32.1 Å². The molecule has 1 fully saturated rings. The second kappa shape index (κ2) is 8.79. The molecule has 1 amide bonds. The molecule has 1 saturated carbocycles. The van der Waals surface area contributed by atoms with E-state index in [2.05, 4.69) is 12.2 Å². The zero-order chi connectivity index (χ0) is 12.5. The number of halogens is 1. The average Bonchev–Trinajstić information content (AvgIpc) is 2.37. The predicted octanol–water partition coefficient (Wildman–Crippen LogP) is 3.87. The molecule has 17 heavy (non-hydrogen) atoms. The molecule has 0 saturated heterocycles. The molecule has 0 aromatic rings. The number of carbonyl (C=O) groups excluding carboxylic acids is 1. The lowest BCUT2D eigenvalue weighted by molar-refractivity contribution is -0.121. The minimum absolute atomic E-state index is 0.202. The molecule has 0 radical (unpaired) electrons. The molecule has 3 heteroatoms. The fraction of sp³-hybridized carbons (Fsp3) is 0.929. The highest BCUT2D eigenvalue weighted by atomic mass is 35.5. The summed E-state index contributed by atoms with van der Waals surface area (Å²) in [5.41, 5.74) is 0. The number of carbonyl (C=O) groups is 1. The minimum atomic E-state index is 0.202. The molecule has 0 heterocycles. The number of nitrogens with one attached hydrogen (secondary N) is 1. The van der Waals surface area contributed by atoms with Crippen molar-refractivity contribution in [2.24, 2.45) is 5.92 Å². The van der Waals surface area contributed by atoms with Crippen molar-refractivity contribution in [2.45, 2.75) is 70.1 Å². The van der Waals surface area contributed by atoms with Crippen LogP contribution in [0.1, 0.15) is 64.7 Å². The van der Waals surface area contributed by atoms with Gasteiger partial charge in [-0.25, -0.2) is 0 Å². The van der Waals surface area contributed by atoms with Crippen LogP contribution < -0.4 is 5.32 Å². The molecule has 100 valence electrons. The first-order valence-corrected chi connectivity index (χ1v) is 7.56. The smallest absolute Gasteiger partial charge is 0.220 e. The molecule has 1 aliphatic carbocycles. The Kier molecular flexibility index (Phi) is 7.67. The Labute approximate surface area is 110 Å². The minimum Gasteiger partial charge on any atom is -0.356 e. The molecular weight excluding hydrogens is 234 g/mol. The van der Waals surface area contributed by atoms with Crippen LogP contribution >= 0.6 is 11.6 Å². The van der Waals surface area contributed by atoms with Crippen LogP contribution in [-0.2, 0) is 4.79 Å². The highest BCUT2D eigenvalue weighted by molar-refractivity contribution is 6.20. The molecule has 1 N–H and O–H groups in total. The highest BCUT2D eigenvalue weighted by Gasteiger charge is 2.14. The van der Waals surface area contributed by atoms with E-state index in [1.807, 2.05) is 0 Å². The van der Waals surface area contributed by atoms with Gasteiger partial charge in [0.25, 0.3) is 0 Å². The normalized spacial score (nSPS) is 18.9. The Morgan fingerprint density at radius 1 is 1.35 bits per heavy atom. The lowest BCUT2D eigenvalue weighted by Crippen LogP contribution is -2.26. The third-order valence-corrected chi connectivity index (χ3v) is 4.25. The van der Waals surface area contributed by atoms with Crippen LogP contribution in [0.2, 0.25) is 0 Å². The summed E-state index contributed by atoms with van der Waals surface area (Å²) in [7, 11) is 0. The average molecular weight is 260 g/mol. The first-order valence-electron chi connectivity index (χ1n) is 7.13. The lowest BCUT2D eigenvalue weighted by atomic mass is 9.86. The van der Waals surface area contributed by atoms with E-state index in [9.17, 15) is 4.79 Å². The Morgan fingerprint density at radius 3 is 2.71 bits per heavy atom. The molecule has 0 aromatic carbocycles. The Balaban J connectivity index is 2.00. The molecular formula is C14H26ClNO. The largest absolute Gasteiger partial charge is 0.356 e. The van der Waals surface area contributed by atoms with Crippen molar-refractivity contribution < 1.29 is 4.79 Å². The van der Waals surface area contributed by atoms with Crippen molar-refractivity contribution in [3.8, 4) is 0 Å². The van der Waals surface area contributed by atoms with Gasteiger partial charge in [0, 0.05) is 18.3 Å².